The van der Waals surface area contributed by atoms with Gasteiger partial charge in [0.05, 0.1) is 0 Å². The van der Waals surface area contributed by atoms with Crippen molar-refractivity contribution in [3.8, 4) is 5.75 Å². The average Bonchev–Trinajstić information content (AvgIpc) is 2.17. The lowest BCUT2D eigenvalue weighted by atomic mass is 9.98. The van der Waals surface area contributed by atoms with Crippen LogP contribution in [0.15, 0.2) is 18.2 Å². The van der Waals surface area contributed by atoms with Gasteiger partial charge in [-0.3, -0.25) is 0 Å². The van der Waals surface area contributed by atoms with Gasteiger partial charge < -0.3 is 10.2 Å². The molecule has 0 aromatic heterocycles. The van der Waals surface area contributed by atoms with E-state index in [1.807, 2.05) is 19.1 Å². The van der Waals surface area contributed by atoms with Gasteiger partial charge >= 0.3 is 0 Å². The minimum Gasteiger partial charge on any atom is -0.508 e. The molecule has 0 bridgehead atoms. The first-order valence-electron chi connectivity index (χ1n) is 4.61. The van der Waals surface area contributed by atoms with Crippen LogP contribution in [0.1, 0.15) is 30.9 Å². The number of rotatable bonds is 3. The van der Waals surface area contributed by atoms with E-state index in [0.717, 1.165) is 12.0 Å². The maximum atomic E-state index is 9.52. The molecule has 0 saturated carbocycles. The average molecular weight is 180 g/mol. The zero-order valence-corrected chi connectivity index (χ0v) is 8.12. The highest BCUT2D eigenvalue weighted by Gasteiger charge is 2.09. The normalized spacial score (nSPS) is 12.8. The Bertz CT molecular complexity index is 281. The molecule has 0 radical (unpaired) electrons. The molecule has 1 aromatic rings. The highest BCUT2D eigenvalue weighted by molar-refractivity contribution is 5.38. The molecule has 72 valence electrons. The van der Waals surface area contributed by atoms with Crippen molar-refractivity contribution in [3.63, 3.8) is 0 Å². The van der Waals surface area contributed by atoms with E-state index in [0.29, 0.717) is 0 Å². The molecule has 1 atom stereocenters. The zero-order valence-electron chi connectivity index (χ0n) is 8.12. The number of aromatic hydroxyl groups is 1. The molecule has 1 rings (SSSR count). The first kappa shape index (κ1) is 10.1. The summed E-state index contributed by atoms with van der Waals surface area (Å²) in [7, 11) is 0. The van der Waals surface area contributed by atoms with Gasteiger partial charge in [-0.05, 0) is 23.6 Å². The van der Waals surface area contributed by atoms with Crippen molar-refractivity contribution < 1.29 is 10.2 Å². The van der Waals surface area contributed by atoms with E-state index in [-0.39, 0.29) is 18.3 Å². The van der Waals surface area contributed by atoms with E-state index in [2.05, 4.69) is 6.92 Å². The monoisotopic (exact) mass is 180 g/mol. The molecule has 0 aliphatic heterocycles. The number of aliphatic hydroxyl groups excluding tert-OH is 1. The van der Waals surface area contributed by atoms with Crippen LogP contribution in [-0.2, 0) is 6.42 Å². The second-order valence-electron chi connectivity index (χ2n) is 3.33. The van der Waals surface area contributed by atoms with Gasteiger partial charge in [-0.2, -0.15) is 0 Å². The predicted octanol–water partition coefficient (Wildman–Crippen LogP) is 2.05. The van der Waals surface area contributed by atoms with E-state index >= 15 is 0 Å². The fraction of sp³-hybridized carbons (Fsp3) is 0.455. The first-order chi connectivity index (χ1) is 6.19. The highest BCUT2D eigenvalue weighted by atomic mass is 16.3. The SMILES string of the molecule is CCc1ccc(O)c(C(C)CO)c1. The van der Waals surface area contributed by atoms with Crippen molar-refractivity contribution in [2.75, 3.05) is 6.61 Å². The molecule has 0 fully saturated rings. The molecule has 0 amide bonds. The Morgan fingerprint density at radius 3 is 2.62 bits per heavy atom. The Kier molecular flexibility index (Phi) is 3.32. The van der Waals surface area contributed by atoms with Crippen LogP contribution in [0, 0.1) is 0 Å². The van der Waals surface area contributed by atoms with Gasteiger partial charge in [0.2, 0.25) is 0 Å². The van der Waals surface area contributed by atoms with Gasteiger partial charge in [-0.1, -0.05) is 26.0 Å². The maximum absolute atomic E-state index is 9.52. The summed E-state index contributed by atoms with van der Waals surface area (Å²) in [5.74, 6) is 0.283. The molecular weight excluding hydrogens is 164 g/mol. The fourth-order valence-electron chi connectivity index (χ4n) is 1.32. The summed E-state index contributed by atoms with van der Waals surface area (Å²) < 4.78 is 0. The van der Waals surface area contributed by atoms with Crippen LogP contribution < -0.4 is 0 Å². The number of aliphatic hydroxyl groups is 1. The molecule has 2 heteroatoms. The van der Waals surface area contributed by atoms with E-state index in [1.54, 1.807) is 6.07 Å². The number of phenolic OH excluding ortho intramolecular Hbond substituents is 1. The largest absolute Gasteiger partial charge is 0.508 e. The van der Waals surface area contributed by atoms with Gasteiger partial charge in [-0.25, -0.2) is 0 Å². The van der Waals surface area contributed by atoms with Crippen molar-refractivity contribution in [1.82, 2.24) is 0 Å². The molecule has 0 saturated heterocycles. The van der Waals surface area contributed by atoms with E-state index in [4.69, 9.17) is 5.11 Å². The van der Waals surface area contributed by atoms with Crippen molar-refractivity contribution in [3.05, 3.63) is 29.3 Å². The van der Waals surface area contributed by atoms with Crippen LogP contribution in [0.2, 0.25) is 0 Å². The fourth-order valence-corrected chi connectivity index (χ4v) is 1.32. The maximum Gasteiger partial charge on any atom is 0.119 e. The Morgan fingerprint density at radius 2 is 2.08 bits per heavy atom. The van der Waals surface area contributed by atoms with Crippen LogP contribution in [0.25, 0.3) is 0 Å². The Morgan fingerprint density at radius 1 is 1.38 bits per heavy atom. The van der Waals surface area contributed by atoms with Crippen LogP contribution in [-0.4, -0.2) is 16.8 Å². The van der Waals surface area contributed by atoms with Crippen LogP contribution in [0.4, 0.5) is 0 Å². The zero-order chi connectivity index (χ0) is 9.84. The number of hydrogen-bond acceptors (Lipinski definition) is 2. The molecule has 13 heavy (non-hydrogen) atoms. The summed E-state index contributed by atoms with van der Waals surface area (Å²) in [6.45, 7) is 4.04. The minimum absolute atomic E-state index is 0.00602. The highest BCUT2D eigenvalue weighted by Crippen LogP contribution is 2.26. The smallest absolute Gasteiger partial charge is 0.119 e. The van der Waals surface area contributed by atoms with Gasteiger partial charge in [0.15, 0.2) is 0 Å². The molecule has 1 aromatic carbocycles. The van der Waals surface area contributed by atoms with Gasteiger partial charge in [0.25, 0.3) is 0 Å². The Balaban J connectivity index is 3.03. The lowest BCUT2D eigenvalue weighted by Crippen LogP contribution is -2.00. The summed E-state index contributed by atoms with van der Waals surface area (Å²) in [5, 5.41) is 18.5. The van der Waals surface area contributed by atoms with Gasteiger partial charge in [0.1, 0.15) is 5.75 Å². The quantitative estimate of drug-likeness (QED) is 0.747. The molecule has 0 aliphatic rings. The van der Waals surface area contributed by atoms with E-state index < -0.39 is 0 Å². The number of aryl methyl sites for hydroxylation is 1. The van der Waals surface area contributed by atoms with E-state index in [9.17, 15) is 5.11 Å². The van der Waals surface area contributed by atoms with Crippen LogP contribution in [0.5, 0.6) is 5.75 Å². The lowest BCUT2D eigenvalue weighted by molar-refractivity contribution is 0.270. The third-order valence-corrected chi connectivity index (χ3v) is 2.30. The first-order valence-corrected chi connectivity index (χ1v) is 4.61. The summed E-state index contributed by atoms with van der Waals surface area (Å²) >= 11 is 0. The summed E-state index contributed by atoms with van der Waals surface area (Å²) in [6.07, 6.45) is 0.950. The standard InChI is InChI=1S/C11H16O2/c1-3-9-4-5-11(13)10(6-9)8(2)7-12/h4-6,8,12-13H,3,7H2,1-2H3. The molecule has 2 nitrogen and oxygen atoms in total. The molecule has 2 N–H and O–H groups in total. The summed E-state index contributed by atoms with van der Waals surface area (Å²) in [4.78, 5) is 0. The van der Waals surface area contributed by atoms with Gasteiger partial charge in [0, 0.05) is 12.5 Å². The Hall–Kier alpha value is -1.02. The van der Waals surface area contributed by atoms with Gasteiger partial charge in [-0.15, -0.1) is 0 Å². The molecule has 0 spiro atoms. The van der Waals surface area contributed by atoms with Crippen LogP contribution in [0.3, 0.4) is 0 Å². The number of hydrogen-bond donors (Lipinski definition) is 2. The number of phenols is 1. The third-order valence-electron chi connectivity index (χ3n) is 2.30. The van der Waals surface area contributed by atoms with Crippen molar-refractivity contribution in [1.29, 1.82) is 0 Å². The van der Waals surface area contributed by atoms with E-state index in [1.165, 1.54) is 5.56 Å². The summed E-state index contributed by atoms with van der Waals surface area (Å²) in [6, 6.07) is 5.56. The van der Waals surface area contributed by atoms with Crippen molar-refractivity contribution in [2.45, 2.75) is 26.2 Å². The Labute approximate surface area is 78.8 Å². The van der Waals surface area contributed by atoms with Crippen LogP contribution >= 0.6 is 0 Å². The number of benzene rings is 1. The third kappa shape index (κ3) is 2.22. The second kappa shape index (κ2) is 4.28. The topological polar surface area (TPSA) is 40.5 Å². The summed E-state index contributed by atoms with van der Waals surface area (Å²) in [5.41, 5.74) is 2.02. The lowest BCUT2D eigenvalue weighted by Gasteiger charge is -2.11. The predicted molar refractivity (Wildman–Crippen MR) is 53.0 cm³/mol. The minimum atomic E-state index is 0.00602. The van der Waals surface area contributed by atoms with Crippen molar-refractivity contribution >= 4 is 0 Å². The second-order valence-corrected chi connectivity index (χ2v) is 3.33. The molecular formula is C11H16O2. The molecule has 0 heterocycles. The van der Waals surface area contributed by atoms with Crippen molar-refractivity contribution in [2.24, 2.45) is 0 Å². The molecule has 1 unspecified atom stereocenters. The molecule has 0 aliphatic carbocycles.